The molecule has 0 saturated carbocycles. The van der Waals surface area contributed by atoms with E-state index in [1.54, 1.807) is 10.9 Å². The maximum absolute atomic E-state index is 12.4. The van der Waals surface area contributed by atoms with Crippen molar-refractivity contribution in [1.29, 1.82) is 0 Å². The zero-order valence-electron chi connectivity index (χ0n) is 17.2. The van der Waals surface area contributed by atoms with Crippen LogP contribution >= 0.6 is 0 Å². The maximum Gasteiger partial charge on any atom is 0.263 e. The molecule has 8 heteroatoms. The van der Waals surface area contributed by atoms with Crippen LogP contribution in [0.1, 0.15) is 26.3 Å². The molecule has 1 saturated heterocycles. The zero-order valence-corrected chi connectivity index (χ0v) is 17.2. The summed E-state index contributed by atoms with van der Waals surface area (Å²) in [5.41, 5.74) is 1.43. The molecule has 154 valence electrons. The Bertz CT molecular complexity index is 1020. The Labute approximate surface area is 169 Å². The van der Waals surface area contributed by atoms with Crippen LogP contribution in [0.15, 0.2) is 41.3 Å². The molecule has 8 nitrogen and oxygen atoms in total. The fourth-order valence-electron chi connectivity index (χ4n) is 3.59. The van der Waals surface area contributed by atoms with Crippen molar-refractivity contribution in [2.45, 2.75) is 39.0 Å². The summed E-state index contributed by atoms with van der Waals surface area (Å²) < 4.78 is 7.69. The predicted octanol–water partition coefficient (Wildman–Crippen LogP) is 2.19. The van der Waals surface area contributed by atoms with E-state index in [2.05, 4.69) is 49.5 Å². The fraction of sp³-hybridized carbons (Fsp3) is 0.476. The van der Waals surface area contributed by atoms with E-state index in [0.29, 0.717) is 30.1 Å². The smallest absolute Gasteiger partial charge is 0.263 e. The minimum atomic E-state index is -0.260. The van der Waals surface area contributed by atoms with Gasteiger partial charge in [-0.3, -0.25) is 14.7 Å². The number of hydrogen-bond acceptors (Lipinski definition) is 6. The van der Waals surface area contributed by atoms with E-state index in [1.807, 2.05) is 26.8 Å². The molecule has 3 heterocycles. The number of aromatic nitrogens is 4. The summed E-state index contributed by atoms with van der Waals surface area (Å²) in [6.45, 7) is 10.0. The van der Waals surface area contributed by atoms with Crippen LogP contribution in [0.25, 0.3) is 11.0 Å². The molecule has 3 aromatic rings. The predicted molar refractivity (Wildman–Crippen MR) is 113 cm³/mol. The van der Waals surface area contributed by atoms with Crippen LogP contribution in [-0.2, 0) is 16.8 Å². The number of anilines is 1. The number of H-pyrrole nitrogens is 1. The highest BCUT2D eigenvalue weighted by molar-refractivity contribution is 5.74. The van der Waals surface area contributed by atoms with Gasteiger partial charge in [0.1, 0.15) is 5.39 Å². The monoisotopic (exact) mass is 396 g/mol. The SMILES string of the molecule is CC(C)(C)n1ncc2c(=O)[nH]c(NCC3CN(Cc4ccccc4)CCO3)nc21. The molecule has 0 aliphatic carbocycles. The maximum atomic E-state index is 12.4. The van der Waals surface area contributed by atoms with Crippen molar-refractivity contribution in [3.05, 3.63) is 52.4 Å². The third-order valence-corrected chi connectivity index (χ3v) is 5.04. The van der Waals surface area contributed by atoms with Gasteiger partial charge in [0, 0.05) is 26.2 Å². The van der Waals surface area contributed by atoms with Crippen molar-refractivity contribution < 1.29 is 4.74 Å². The van der Waals surface area contributed by atoms with Gasteiger partial charge in [-0.15, -0.1) is 0 Å². The van der Waals surface area contributed by atoms with E-state index in [9.17, 15) is 4.79 Å². The van der Waals surface area contributed by atoms with E-state index < -0.39 is 0 Å². The lowest BCUT2D eigenvalue weighted by Crippen LogP contribution is -2.45. The van der Waals surface area contributed by atoms with Crippen molar-refractivity contribution in [2.24, 2.45) is 0 Å². The Morgan fingerprint density at radius 3 is 2.83 bits per heavy atom. The Morgan fingerprint density at radius 1 is 1.28 bits per heavy atom. The van der Waals surface area contributed by atoms with Crippen LogP contribution in [0.3, 0.4) is 0 Å². The van der Waals surface area contributed by atoms with Gasteiger partial charge in [0.25, 0.3) is 5.56 Å². The molecule has 2 N–H and O–H groups in total. The Hall–Kier alpha value is -2.71. The summed E-state index contributed by atoms with van der Waals surface area (Å²) in [6, 6.07) is 10.5. The molecule has 1 aromatic carbocycles. The zero-order chi connectivity index (χ0) is 20.4. The number of aromatic amines is 1. The minimum Gasteiger partial charge on any atom is -0.374 e. The van der Waals surface area contributed by atoms with Crippen LogP contribution in [0.4, 0.5) is 5.95 Å². The summed E-state index contributed by atoms with van der Waals surface area (Å²) in [5.74, 6) is 0.442. The molecule has 0 spiro atoms. The van der Waals surface area contributed by atoms with Gasteiger partial charge < -0.3 is 10.1 Å². The van der Waals surface area contributed by atoms with E-state index in [4.69, 9.17) is 4.74 Å². The second-order valence-electron chi connectivity index (χ2n) is 8.47. The number of fused-ring (bicyclic) bond motifs is 1. The summed E-state index contributed by atoms with van der Waals surface area (Å²) in [5, 5.41) is 8.08. The van der Waals surface area contributed by atoms with Crippen LogP contribution in [0.5, 0.6) is 0 Å². The van der Waals surface area contributed by atoms with Gasteiger partial charge in [0.15, 0.2) is 5.65 Å². The van der Waals surface area contributed by atoms with Gasteiger partial charge in [-0.05, 0) is 26.3 Å². The van der Waals surface area contributed by atoms with Crippen LogP contribution in [0, 0.1) is 0 Å². The number of hydrogen-bond donors (Lipinski definition) is 2. The van der Waals surface area contributed by atoms with Gasteiger partial charge in [-0.2, -0.15) is 10.1 Å². The second kappa shape index (κ2) is 7.96. The number of rotatable bonds is 5. The highest BCUT2D eigenvalue weighted by Crippen LogP contribution is 2.19. The quantitative estimate of drug-likeness (QED) is 0.687. The molecule has 1 fully saturated rings. The first-order valence-corrected chi connectivity index (χ1v) is 10.0. The van der Waals surface area contributed by atoms with E-state index >= 15 is 0 Å². The number of benzene rings is 1. The molecular weight excluding hydrogens is 368 g/mol. The van der Waals surface area contributed by atoms with Gasteiger partial charge in [-0.25, -0.2) is 4.68 Å². The lowest BCUT2D eigenvalue weighted by Gasteiger charge is -2.33. The van der Waals surface area contributed by atoms with E-state index in [0.717, 1.165) is 19.6 Å². The summed E-state index contributed by atoms with van der Waals surface area (Å²) in [6.07, 6.45) is 1.60. The van der Waals surface area contributed by atoms with Gasteiger partial charge in [-0.1, -0.05) is 30.3 Å². The summed E-state index contributed by atoms with van der Waals surface area (Å²) in [4.78, 5) is 22.2. The first kappa shape index (κ1) is 19.6. The number of morpholine rings is 1. The molecule has 0 radical (unpaired) electrons. The highest BCUT2D eigenvalue weighted by atomic mass is 16.5. The standard InChI is InChI=1S/C21H28N6O2/c1-21(2,3)27-18-17(12-23-27)19(28)25-20(24-18)22-11-16-14-26(9-10-29-16)13-15-7-5-4-6-8-15/h4-8,12,16H,9-11,13-14H2,1-3H3,(H2,22,24,25,28). The van der Waals surface area contributed by atoms with Crippen molar-refractivity contribution in [2.75, 3.05) is 31.6 Å². The lowest BCUT2D eigenvalue weighted by atomic mass is 10.1. The normalized spacial score (nSPS) is 18.2. The van der Waals surface area contributed by atoms with Crippen molar-refractivity contribution >= 4 is 17.0 Å². The minimum absolute atomic E-state index is 0.0287. The van der Waals surface area contributed by atoms with Gasteiger partial charge in [0.2, 0.25) is 5.95 Å². The summed E-state index contributed by atoms with van der Waals surface area (Å²) >= 11 is 0. The molecular formula is C21H28N6O2. The number of nitrogens with one attached hydrogen (secondary N) is 2. The van der Waals surface area contributed by atoms with Crippen molar-refractivity contribution in [1.82, 2.24) is 24.6 Å². The Balaban J connectivity index is 1.43. The van der Waals surface area contributed by atoms with Crippen molar-refractivity contribution in [3.63, 3.8) is 0 Å². The first-order chi connectivity index (χ1) is 13.9. The van der Waals surface area contributed by atoms with Gasteiger partial charge in [0.05, 0.1) is 24.4 Å². The third kappa shape index (κ3) is 4.49. The molecule has 2 aromatic heterocycles. The van der Waals surface area contributed by atoms with Crippen molar-refractivity contribution in [3.8, 4) is 0 Å². The van der Waals surface area contributed by atoms with E-state index in [-0.39, 0.29) is 17.2 Å². The number of nitrogens with zero attached hydrogens (tertiary/aromatic N) is 4. The Morgan fingerprint density at radius 2 is 2.07 bits per heavy atom. The first-order valence-electron chi connectivity index (χ1n) is 10.0. The van der Waals surface area contributed by atoms with E-state index in [1.165, 1.54) is 5.56 Å². The number of ether oxygens (including phenoxy) is 1. The average Bonchev–Trinajstić information content (AvgIpc) is 3.13. The highest BCUT2D eigenvalue weighted by Gasteiger charge is 2.22. The molecule has 29 heavy (non-hydrogen) atoms. The molecule has 4 rings (SSSR count). The molecule has 1 unspecified atom stereocenters. The molecule has 1 atom stereocenters. The van der Waals surface area contributed by atoms with Gasteiger partial charge >= 0.3 is 0 Å². The lowest BCUT2D eigenvalue weighted by molar-refractivity contribution is -0.0241. The van der Waals surface area contributed by atoms with Crippen LogP contribution in [-0.4, -0.2) is 57.0 Å². The summed E-state index contributed by atoms with van der Waals surface area (Å²) in [7, 11) is 0. The largest absolute Gasteiger partial charge is 0.374 e. The molecule has 0 amide bonds. The van der Waals surface area contributed by atoms with Crippen LogP contribution < -0.4 is 10.9 Å². The van der Waals surface area contributed by atoms with Crippen LogP contribution in [0.2, 0.25) is 0 Å². The average molecular weight is 396 g/mol. The molecule has 1 aliphatic heterocycles. The fourth-order valence-corrected chi connectivity index (χ4v) is 3.59. The topological polar surface area (TPSA) is 88.1 Å². The molecule has 1 aliphatic rings. The Kier molecular flexibility index (Phi) is 5.38. The second-order valence-corrected chi connectivity index (χ2v) is 8.47. The molecule has 0 bridgehead atoms. The third-order valence-electron chi connectivity index (χ3n) is 5.04.